The van der Waals surface area contributed by atoms with Gasteiger partial charge in [-0.15, -0.1) is 0 Å². The number of ketones is 1. The number of carbonyl (C=O) groups excluding carboxylic acids is 4. The molecular weight excluding hydrogens is 502 g/mol. The lowest BCUT2D eigenvalue weighted by atomic mass is 10.1. The molecule has 4 amide bonds. The van der Waals surface area contributed by atoms with E-state index in [0.29, 0.717) is 11.4 Å². The molecule has 0 aliphatic heterocycles. The van der Waals surface area contributed by atoms with E-state index in [1.54, 1.807) is 19.1 Å². The fraction of sp³-hybridized carbons (Fsp3) is 0.370. The monoisotopic (exact) mass is 537 g/mol. The third-order valence-electron chi connectivity index (χ3n) is 5.44. The van der Waals surface area contributed by atoms with E-state index in [0.717, 1.165) is 5.56 Å². The van der Waals surface area contributed by atoms with Crippen LogP contribution in [0.15, 0.2) is 48.7 Å². The molecule has 0 aliphatic carbocycles. The third kappa shape index (κ3) is 9.37. The maximum Gasteiger partial charge on any atom is 0.316 e. The second-order valence-corrected chi connectivity index (χ2v) is 10.5. The number of ether oxygens (including phenoxy) is 1. The average Bonchev–Trinajstić information content (AvgIpc) is 2.92. The van der Waals surface area contributed by atoms with Crippen molar-refractivity contribution in [3.05, 3.63) is 59.8 Å². The molecule has 2 aromatic rings. The second-order valence-electron chi connectivity index (χ2n) is 9.03. The van der Waals surface area contributed by atoms with Crippen molar-refractivity contribution in [2.45, 2.75) is 51.5 Å². The van der Waals surface area contributed by atoms with Gasteiger partial charge in [-0.1, -0.05) is 69.0 Å². The molecule has 1 unspecified atom stereocenters. The summed E-state index contributed by atoms with van der Waals surface area (Å²) in [6, 6.07) is 11.0. The van der Waals surface area contributed by atoms with Crippen LogP contribution in [0.1, 0.15) is 38.3 Å². The van der Waals surface area contributed by atoms with Crippen LogP contribution >= 0.6 is 0 Å². The van der Waals surface area contributed by atoms with Gasteiger partial charge in [0, 0.05) is 31.3 Å². The summed E-state index contributed by atoms with van der Waals surface area (Å²) in [6.45, 7) is 5.76. The van der Waals surface area contributed by atoms with Gasteiger partial charge in [0.2, 0.25) is 11.7 Å². The number of pyridine rings is 1. The van der Waals surface area contributed by atoms with Crippen LogP contribution in [0.4, 0.5) is 4.79 Å². The van der Waals surface area contributed by atoms with Crippen molar-refractivity contribution in [1.29, 1.82) is 0 Å². The smallest absolute Gasteiger partial charge is 0.316 e. The summed E-state index contributed by atoms with van der Waals surface area (Å²) in [5, 5.41) is 9.05. The molecule has 38 heavy (non-hydrogen) atoms. The molecule has 4 N–H and O–H groups in total. The second kappa shape index (κ2) is 14.5. The Morgan fingerprint density at radius 2 is 1.71 bits per heavy atom. The number of benzene rings is 1. The molecule has 2 atom stereocenters. The van der Waals surface area contributed by atoms with E-state index in [1.807, 2.05) is 44.2 Å². The number of nitrogens with one attached hydrogen (secondary N) is 4. The van der Waals surface area contributed by atoms with Gasteiger partial charge in [-0.3, -0.25) is 14.4 Å². The van der Waals surface area contributed by atoms with E-state index >= 15 is 0 Å². The van der Waals surface area contributed by atoms with Crippen molar-refractivity contribution in [3.8, 4) is 17.7 Å². The first-order chi connectivity index (χ1) is 18.1. The van der Waals surface area contributed by atoms with E-state index in [9.17, 15) is 19.2 Å². The Labute approximate surface area is 226 Å². The summed E-state index contributed by atoms with van der Waals surface area (Å²) in [5.41, 5.74) is 1.57. The molecule has 1 aromatic carbocycles. The minimum absolute atomic E-state index is 0.0490. The Balaban J connectivity index is 2.05. The van der Waals surface area contributed by atoms with Gasteiger partial charge in [-0.25, -0.2) is 9.78 Å². The molecule has 0 saturated heterocycles. The number of nitrogens with zero attached hydrogens (tertiary/aromatic N) is 1. The van der Waals surface area contributed by atoms with Crippen LogP contribution in [0.3, 0.4) is 0 Å². The maximum absolute atomic E-state index is 13.3. The number of aromatic nitrogens is 1. The van der Waals surface area contributed by atoms with Gasteiger partial charge in [0.05, 0.1) is 23.4 Å². The van der Waals surface area contributed by atoms with Crippen molar-refractivity contribution in [2.75, 3.05) is 7.11 Å². The zero-order valence-electron chi connectivity index (χ0n) is 22.4. The van der Waals surface area contributed by atoms with Crippen molar-refractivity contribution in [2.24, 2.45) is 5.92 Å². The third-order valence-corrected chi connectivity index (χ3v) is 6.39. The van der Waals surface area contributed by atoms with Gasteiger partial charge in [0.25, 0.3) is 11.8 Å². The highest BCUT2D eigenvalue weighted by Crippen LogP contribution is 2.07. The summed E-state index contributed by atoms with van der Waals surface area (Å²) in [4.78, 5) is 55.3. The van der Waals surface area contributed by atoms with E-state index in [1.165, 1.54) is 13.3 Å². The number of amides is 4. The summed E-state index contributed by atoms with van der Waals surface area (Å²) in [5.74, 6) is 3.92. The van der Waals surface area contributed by atoms with Gasteiger partial charge in [-0.05, 0) is 17.5 Å². The van der Waals surface area contributed by atoms with Gasteiger partial charge in [0.15, 0.2) is 5.16 Å². The molecule has 0 spiro atoms. The number of hydrogen-bond acceptors (Lipinski definition) is 6. The van der Waals surface area contributed by atoms with E-state index < -0.39 is 34.8 Å². The van der Waals surface area contributed by atoms with E-state index in [2.05, 4.69) is 38.1 Å². The highest BCUT2D eigenvalue weighted by molar-refractivity contribution is 6.39. The van der Waals surface area contributed by atoms with Crippen LogP contribution in [0, 0.1) is 17.8 Å². The number of methoxy groups -OCH3 is 1. The zero-order valence-corrected chi connectivity index (χ0v) is 24.4. The fourth-order valence-corrected chi connectivity index (χ4v) is 3.72. The van der Waals surface area contributed by atoms with Crippen molar-refractivity contribution < 1.29 is 23.9 Å². The molecule has 10 nitrogen and oxygen atoms in total. The highest BCUT2D eigenvalue weighted by atomic mass is 28.1. The first-order valence-electron chi connectivity index (χ1n) is 12.3. The molecule has 0 aliphatic rings. The largest absolute Gasteiger partial charge is 0.481 e. The summed E-state index contributed by atoms with van der Waals surface area (Å²) < 4.78 is 5.00. The van der Waals surface area contributed by atoms with Crippen LogP contribution in [-0.2, 0) is 27.5 Å². The Morgan fingerprint density at radius 1 is 1.03 bits per heavy atom. The van der Waals surface area contributed by atoms with Crippen LogP contribution in [0.25, 0.3) is 0 Å². The first-order valence-corrected chi connectivity index (χ1v) is 13.3. The van der Waals surface area contributed by atoms with Crippen molar-refractivity contribution in [3.63, 3.8) is 0 Å². The van der Waals surface area contributed by atoms with E-state index in [-0.39, 0.29) is 35.7 Å². The quantitative estimate of drug-likeness (QED) is 0.186. The van der Waals surface area contributed by atoms with Crippen LogP contribution in [-0.4, -0.2) is 57.2 Å². The molecule has 0 bridgehead atoms. The first kappa shape index (κ1) is 30.1. The predicted molar refractivity (Wildman–Crippen MR) is 147 cm³/mol. The Kier molecular flexibility index (Phi) is 11.5. The zero-order chi connectivity index (χ0) is 28.1. The average molecular weight is 538 g/mol. The Morgan fingerprint density at radius 3 is 2.29 bits per heavy atom. The summed E-state index contributed by atoms with van der Waals surface area (Å²) in [7, 11) is 1.63. The van der Waals surface area contributed by atoms with Gasteiger partial charge in [-0.2, -0.15) is 0 Å². The minimum Gasteiger partial charge on any atom is -0.481 e. The SMILES string of the molecule is CCC(NC(=O)[C@@]([SiH3])(C#CC(C)C)NC(=O)NCc1ccccc1)C(=O)C(=O)NCc1ccc(OC)nc1. The van der Waals surface area contributed by atoms with Gasteiger partial charge < -0.3 is 26.0 Å². The predicted octanol–water partition coefficient (Wildman–Crippen LogP) is 0.391. The summed E-state index contributed by atoms with van der Waals surface area (Å²) in [6.07, 6.45) is 1.71. The Bertz CT molecular complexity index is 1180. The molecule has 202 valence electrons. The lowest BCUT2D eigenvalue weighted by Gasteiger charge is -2.27. The highest BCUT2D eigenvalue weighted by Gasteiger charge is 2.36. The molecule has 0 saturated carbocycles. The molecule has 0 radical (unpaired) electrons. The fourth-order valence-electron chi connectivity index (χ4n) is 3.20. The van der Waals surface area contributed by atoms with Crippen LogP contribution < -0.4 is 26.0 Å². The lowest BCUT2D eigenvalue weighted by molar-refractivity contribution is -0.140. The molecule has 1 aromatic heterocycles. The number of urea groups is 1. The molecule has 2 rings (SSSR count). The van der Waals surface area contributed by atoms with Gasteiger partial charge >= 0.3 is 6.03 Å². The number of Topliss-reactive ketones (excluding diaryl/α,β-unsaturated/α-hetero) is 1. The molecular formula is C27H35N5O5Si. The molecule has 1 heterocycles. The molecule has 0 fully saturated rings. The standard InChI is InChI=1S/C27H35N5O5Si/c1-5-21(23(33)24(34)29-17-20-11-12-22(37-4)28-16-20)31-25(35)27(38,14-13-18(2)3)32-26(36)30-15-19-9-7-6-8-10-19/h6-12,16,18,21H,5,15,17H2,1-4,38H3,(H,29,34)(H,31,35)(H2,30,32,36)/t21?,27-/m0/s1. The summed E-state index contributed by atoms with van der Waals surface area (Å²) >= 11 is 0. The van der Waals surface area contributed by atoms with Crippen molar-refractivity contribution >= 4 is 33.9 Å². The van der Waals surface area contributed by atoms with Gasteiger partial charge in [0.1, 0.15) is 0 Å². The molecule has 11 heteroatoms. The van der Waals surface area contributed by atoms with Crippen LogP contribution in [0.5, 0.6) is 5.88 Å². The topological polar surface area (TPSA) is 139 Å². The lowest BCUT2D eigenvalue weighted by Crippen LogP contribution is -2.63. The minimum atomic E-state index is -1.51. The normalized spacial score (nSPS) is 12.8. The number of carbonyl (C=O) groups is 4. The number of hydrogen-bond donors (Lipinski definition) is 4. The Hall–Kier alpha value is -4.17. The van der Waals surface area contributed by atoms with E-state index in [4.69, 9.17) is 4.74 Å². The van der Waals surface area contributed by atoms with Crippen LogP contribution in [0.2, 0.25) is 0 Å². The number of rotatable bonds is 11. The maximum atomic E-state index is 13.3. The van der Waals surface area contributed by atoms with Crippen molar-refractivity contribution in [1.82, 2.24) is 26.3 Å².